The Kier molecular flexibility index (Phi) is 3.59. The summed E-state index contributed by atoms with van der Waals surface area (Å²) in [6.45, 7) is 7.31. The molecular weight excluding hydrogens is 236 g/mol. The molecule has 1 aromatic carbocycles. The Hall–Kier alpha value is -1.48. The Morgan fingerprint density at radius 2 is 2.00 bits per heavy atom. The Balaban J connectivity index is 2.74. The average molecular weight is 260 g/mol. The third-order valence-electron chi connectivity index (χ3n) is 3.90. The van der Waals surface area contributed by atoms with Crippen molar-refractivity contribution in [3.63, 3.8) is 0 Å². The maximum Gasteiger partial charge on any atom is 0.143 e. The largest absolute Gasteiger partial charge is 0.495 e. The second-order valence-corrected chi connectivity index (χ2v) is 5.94. The van der Waals surface area contributed by atoms with Gasteiger partial charge >= 0.3 is 0 Å². The van der Waals surface area contributed by atoms with E-state index in [1.165, 1.54) is 16.5 Å². The molecule has 0 aliphatic rings. The average Bonchev–Trinajstić information content (AvgIpc) is 2.66. The smallest absolute Gasteiger partial charge is 0.143 e. The molecule has 0 aliphatic carbocycles. The molecule has 3 heteroatoms. The number of aryl methyl sites for hydroxylation is 2. The SMILES string of the molecule is COc1cc(C)cc2c(C(C)(C)CCN)cn(C)c12. The lowest BCUT2D eigenvalue weighted by Gasteiger charge is -2.23. The van der Waals surface area contributed by atoms with Gasteiger partial charge in [-0.25, -0.2) is 0 Å². The minimum absolute atomic E-state index is 0.0765. The molecule has 2 N–H and O–H groups in total. The number of rotatable bonds is 4. The number of nitrogens with zero attached hydrogens (tertiary/aromatic N) is 1. The summed E-state index contributed by atoms with van der Waals surface area (Å²) in [5, 5.41) is 1.28. The Morgan fingerprint density at radius 1 is 1.32 bits per heavy atom. The predicted octanol–water partition coefficient (Wildman–Crippen LogP) is 3.12. The summed E-state index contributed by atoms with van der Waals surface area (Å²) >= 11 is 0. The van der Waals surface area contributed by atoms with Crippen LogP contribution >= 0.6 is 0 Å². The van der Waals surface area contributed by atoms with Crippen LogP contribution in [0.4, 0.5) is 0 Å². The predicted molar refractivity (Wildman–Crippen MR) is 80.9 cm³/mol. The van der Waals surface area contributed by atoms with Crippen molar-refractivity contribution in [2.24, 2.45) is 12.8 Å². The van der Waals surface area contributed by atoms with Crippen molar-refractivity contribution >= 4 is 10.9 Å². The lowest BCUT2D eigenvalue weighted by molar-refractivity contribution is 0.417. The van der Waals surface area contributed by atoms with Gasteiger partial charge < -0.3 is 15.0 Å². The zero-order valence-corrected chi connectivity index (χ0v) is 12.6. The van der Waals surface area contributed by atoms with E-state index in [0.29, 0.717) is 6.54 Å². The third-order valence-corrected chi connectivity index (χ3v) is 3.90. The maximum absolute atomic E-state index is 5.76. The van der Waals surface area contributed by atoms with E-state index < -0.39 is 0 Å². The van der Waals surface area contributed by atoms with Crippen LogP contribution in [0.1, 0.15) is 31.4 Å². The topological polar surface area (TPSA) is 40.2 Å². The van der Waals surface area contributed by atoms with E-state index >= 15 is 0 Å². The third kappa shape index (κ3) is 2.35. The number of aromatic nitrogens is 1. The number of nitrogens with two attached hydrogens (primary N) is 1. The van der Waals surface area contributed by atoms with Crippen LogP contribution in [0, 0.1) is 6.92 Å². The molecule has 2 rings (SSSR count). The molecule has 3 nitrogen and oxygen atoms in total. The number of fused-ring (bicyclic) bond motifs is 1. The molecule has 0 bridgehead atoms. The fourth-order valence-corrected chi connectivity index (χ4v) is 2.83. The fourth-order valence-electron chi connectivity index (χ4n) is 2.83. The van der Waals surface area contributed by atoms with Gasteiger partial charge in [0.05, 0.1) is 12.6 Å². The lowest BCUT2D eigenvalue weighted by atomic mass is 9.81. The highest BCUT2D eigenvalue weighted by molar-refractivity contribution is 5.90. The minimum Gasteiger partial charge on any atom is -0.495 e. The van der Waals surface area contributed by atoms with Crippen LogP contribution < -0.4 is 10.5 Å². The molecule has 1 aromatic heterocycles. The standard InChI is InChI=1S/C16H24N2O/c1-11-8-12-13(16(2,3)6-7-17)10-18(4)15(12)14(9-11)19-5/h8-10H,6-7,17H2,1-5H3. The van der Waals surface area contributed by atoms with Crippen LogP contribution in [0.15, 0.2) is 18.3 Å². The monoisotopic (exact) mass is 260 g/mol. The van der Waals surface area contributed by atoms with E-state index in [0.717, 1.165) is 17.7 Å². The lowest BCUT2D eigenvalue weighted by Crippen LogP contribution is -2.21. The normalized spacial score (nSPS) is 12.1. The van der Waals surface area contributed by atoms with Crippen molar-refractivity contribution in [3.8, 4) is 5.75 Å². The summed E-state index contributed by atoms with van der Waals surface area (Å²) in [6, 6.07) is 4.33. The van der Waals surface area contributed by atoms with Crippen molar-refractivity contribution < 1.29 is 4.74 Å². The maximum atomic E-state index is 5.76. The van der Waals surface area contributed by atoms with Gasteiger partial charge in [0.1, 0.15) is 5.75 Å². The molecular formula is C16H24N2O. The quantitative estimate of drug-likeness (QED) is 0.917. The fraction of sp³-hybridized carbons (Fsp3) is 0.500. The molecule has 104 valence electrons. The number of ether oxygens (including phenoxy) is 1. The van der Waals surface area contributed by atoms with E-state index in [-0.39, 0.29) is 5.41 Å². The first-order valence-corrected chi connectivity index (χ1v) is 6.75. The number of benzene rings is 1. The van der Waals surface area contributed by atoms with Gasteiger partial charge in [0.2, 0.25) is 0 Å². The highest BCUT2D eigenvalue weighted by Gasteiger charge is 2.25. The summed E-state index contributed by atoms with van der Waals surface area (Å²) in [5.41, 5.74) is 9.56. The Bertz CT molecular complexity index is 596. The second-order valence-electron chi connectivity index (χ2n) is 5.94. The first-order chi connectivity index (χ1) is 8.90. The van der Waals surface area contributed by atoms with Crippen LogP contribution in [-0.4, -0.2) is 18.2 Å². The molecule has 0 spiro atoms. The molecule has 0 amide bonds. The molecule has 2 aromatic rings. The van der Waals surface area contributed by atoms with Crippen molar-refractivity contribution in [1.82, 2.24) is 4.57 Å². The van der Waals surface area contributed by atoms with E-state index in [1.54, 1.807) is 7.11 Å². The van der Waals surface area contributed by atoms with Crippen LogP contribution in [0.2, 0.25) is 0 Å². The van der Waals surface area contributed by atoms with Crippen LogP contribution in [0.25, 0.3) is 10.9 Å². The molecule has 0 saturated heterocycles. The van der Waals surface area contributed by atoms with Crippen molar-refractivity contribution in [2.45, 2.75) is 32.6 Å². The van der Waals surface area contributed by atoms with Crippen LogP contribution in [0.5, 0.6) is 5.75 Å². The van der Waals surface area contributed by atoms with Crippen molar-refractivity contribution in [3.05, 3.63) is 29.5 Å². The molecule has 0 saturated carbocycles. The zero-order chi connectivity index (χ0) is 14.2. The Labute approximate surface area is 115 Å². The van der Waals surface area contributed by atoms with Gasteiger partial charge in [0.15, 0.2) is 0 Å². The van der Waals surface area contributed by atoms with Gasteiger partial charge in [-0.15, -0.1) is 0 Å². The van der Waals surface area contributed by atoms with Gasteiger partial charge in [0.25, 0.3) is 0 Å². The highest BCUT2D eigenvalue weighted by Crippen LogP contribution is 2.38. The minimum atomic E-state index is 0.0765. The van der Waals surface area contributed by atoms with Gasteiger partial charge in [0, 0.05) is 18.6 Å². The Morgan fingerprint density at radius 3 is 2.58 bits per heavy atom. The van der Waals surface area contributed by atoms with Gasteiger partial charge in [-0.3, -0.25) is 0 Å². The summed E-state index contributed by atoms with van der Waals surface area (Å²) < 4.78 is 7.68. The van der Waals surface area contributed by atoms with E-state index in [1.807, 2.05) is 0 Å². The van der Waals surface area contributed by atoms with Crippen LogP contribution in [-0.2, 0) is 12.5 Å². The molecule has 0 unspecified atom stereocenters. The molecule has 0 atom stereocenters. The molecule has 0 aliphatic heterocycles. The number of hydrogen-bond acceptors (Lipinski definition) is 2. The first-order valence-electron chi connectivity index (χ1n) is 6.75. The molecule has 0 fully saturated rings. The summed E-state index contributed by atoms with van der Waals surface area (Å²) in [6.07, 6.45) is 3.19. The summed E-state index contributed by atoms with van der Waals surface area (Å²) in [4.78, 5) is 0. The van der Waals surface area contributed by atoms with Gasteiger partial charge in [-0.05, 0) is 48.6 Å². The first kappa shape index (κ1) is 13.9. The zero-order valence-electron chi connectivity index (χ0n) is 12.6. The molecule has 0 radical (unpaired) electrons. The van der Waals surface area contributed by atoms with E-state index in [4.69, 9.17) is 10.5 Å². The molecule has 1 heterocycles. The van der Waals surface area contributed by atoms with Gasteiger partial charge in [-0.2, -0.15) is 0 Å². The van der Waals surface area contributed by atoms with Crippen LogP contribution in [0.3, 0.4) is 0 Å². The van der Waals surface area contributed by atoms with Gasteiger partial charge in [-0.1, -0.05) is 13.8 Å². The summed E-state index contributed by atoms with van der Waals surface area (Å²) in [5.74, 6) is 0.937. The number of methoxy groups -OCH3 is 1. The number of hydrogen-bond donors (Lipinski definition) is 1. The highest BCUT2D eigenvalue weighted by atomic mass is 16.5. The van der Waals surface area contributed by atoms with Crippen molar-refractivity contribution in [2.75, 3.05) is 13.7 Å². The van der Waals surface area contributed by atoms with E-state index in [2.05, 4.69) is 50.7 Å². The van der Waals surface area contributed by atoms with Crippen molar-refractivity contribution in [1.29, 1.82) is 0 Å². The van der Waals surface area contributed by atoms with E-state index in [9.17, 15) is 0 Å². The second kappa shape index (κ2) is 4.89. The summed E-state index contributed by atoms with van der Waals surface area (Å²) in [7, 11) is 3.80. The molecule has 19 heavy (non-hydrogen) atoms.